The first-order valence-electron chi connectivity index (χ1n) is 9.69. The van der Waals surface area contributed by atoms with E-state index in [1.165, 1.54) is 5.56 Å². The van der Waals surface area contributed by atoms with Gasteiger partial charge in [-0.3, -0.25) is 9.59 Å². The first-order chi connectivity index (χ1) is 13.2. The van der Waals surface area contributed by atoms with E-state index < -0.39 is 0 Å². The molecule has 0 spiro atoms. The lowest BCUT2D eigenvalue weighted by Gasteiger charge is -2.30. The van der Waals surface area contributed by atoms with E-state index >= 15 is 0 Å². The number of fused-ring (bicyclic) bond motifs is 1. The van der Waals surface area contributed by atoms with E-state index in [0.717, 1.165) is 11.4 Å². The van der Waals surface area contributed by atoms with Gasteiger partial charge in [0.15, 0.2) is 0 Å². The molecule has 1 N–H and O–H groups in total. The van der Waals surface area contributed by atoms with Crippen molar-refractivity contribution in [3.8, 4) is 0 Å². The Morgan fingerprint density at radius 2 is 1.79 bits per heavy atom. The minimum atomic E-state index is -0.201. The van der Waals surface area contributed by atoms with E-state index in [1.807, 2.05) is 43.1 Å². The van der Waals surface area contributed by atoms with Crippen LogP contribution in [-0.4, -0.2) is 31.4 Å². The number of para-hydroxylation sites is 2. The molecular formula is C23H29N3O2. The zero-order valence-corrected chi connectivity index (χ0v) is 17.3. The van der Waals surface area contributed by atoms with Gasteiger partial charge in [-0.25, -0.2) is 0 Å². The molecule has 28 heavy (non-hydrogen) atoms. The summed E-state index contributed by atoms with van der Waals surface area (Å²) in [6, 6.07) is 15.6. The lowest BCUT2D eigenvalue weighted by Crippen LogP contribution is -2.44. The first-order valence-corrected chi connectivity index (χ1v) is 9.69. The van der Waals surface area contributed by atoms with Gasteiger partial charge in [0.2, 0.25) is 11.8 Å². The van der Waals surface area contributed by atoms with Gasteiger partial charge in [0, 0.05) is 25.2 Å². The van der Waals surface area contributed by atoms with Gasteiger partial charge in [0.05, 0.1) is 17.9 Å². The molecule has 0 aliphatic carbocycles. The fourth-order valence-electron chi connectivity index (χ4n) is 3.55. The summed E-state index contributed by atoms with van der Waals surface area (Å²) in [5.74, 6) is -0.0970. The molecule has 0 unspecified atom stereocenters. The summed E-state index contributed by atoms with van der Waals surface area (Å²) in [6.45, 7) is 8.70. The summed E-state index contributed by atoms with van der Waals surface area (Å²) >= 11 is 0. The van der Waals surface area contributed by atoms with Gasteiger partial charge in [-0.05, 0) is 42.2 Å². The van der Waals surface area contributed by atoms with Gasteiger partial charge >= 0.3 is 0 Å². The predicted octanol–water partition coefficient (Wildman–Crippen LogP) is 4.18. The molecule has 0 saturated heterocycles. The second-order valence-electron chi connectivity index (χ2n) is 8.54. The third kappa shape index (κ3) is 4.19. The highest BCUT2D eigenvalue weighted by Crippen LogP contribution is 2.31. The molecule has 2 aromatic rings. The SMILES string of the molecule is C[C@H]1CC(=O)Nc2ccccc2N1C(=O)CN(C)c1ccc(C(C)(C)C)cc1. The second kappa shape index (κ2) is 7.66. The van der Waals surface area contributed by atoms with Crippen LogP contribution in [0.5, 0.6) is 0 Å². The van der Waals surface area contributed by atoms with Crippen molar-refractivity contribution in [1.82, 2.24) is 0 Å². The summed E-state index contributed by atoms with van der Waals surface area (Å²) in [4.78, 5) is 29.0. The fraction of sp³-hybridized carbons (Fsp3) is 0.391. The van der Waals surface area contributed by atoms with E-state index in [1.54, 1.807) is 4.90 Å². The minimum absolute atomic E-state index is 0.0288. The Kier molecular flexibility index (Phi) is 5.45. The Bertz CT molecular complexity index is 868. The molecule has 0 fully saturated rings. The summed E-state index contributed by atoms with van der Waals surface area (Å²) in [5, 5.41) is 2.90. The third-order valence-corrected chi connectivity index (χ3v) is 5.17. The number of anilines is 3. The van der Waals surface area contributed by atoms with Crippen LogP contribution in [0.4, 0.5) is 17.1 Å². The van der Waals surface area contributed by atoms with Crippen LogP contribution in [0.1, 0.15) is 39.7 Å². The van der Waals surface area contributed by atoms with Crippen LogP contribution < -0.4 is 15.1 Å². The second-order valence-corrected chi connectivity index (χ2v) is 8.54. The molecule has 1 aliphatic heterocycles. The standard InChI is InChI=1S/C23H29N3O2/c1-16-14-21(27)24-19-8-6-7-9-20(19)26(16)22(28)15-25(5)18-12-10-17(11-13-18)23(2,3)4/h6-13,16H,14-15H2,1-5H3,(H,24,27)/t16-/m0/s1. The van der Waals surface area contributed by atoms with Crippen LogP contribution in [0.15, 0.2) is 48.5 Å². The number of amides is 2. The number of rotatable bonds is 3. The Balaban J connectivity index is 1.81. The van der Waals surface area contributed by atoms with Gasteiger partial charge in [-0.15, -0.1) is 0 Å². The summed E-state index contributed by atoms with van der Waals surface area (Å²) in [5.41, 5.74) is 3.78. The smallest absolute Gasteiger partial charge is 0.246 e. The molecule has 3 rings (SSSR count). The number of hydrogen-bond acceptors (Lipinski definition) is 3. The maximum atomic E-state index is 13.2. The molecule has 1 atom stereocenters. The highest BCUT2D eigenvalue weighted by atomic mass is 16.2. The normalized spacial score (nSPS) is 16.8. The zero-order valence-electron chi connectivity index (χ0n) is 17.3. The first kappa shape index (κ1) is 19.9. The third-order valence-electron chi connectivity index (χ3n) is 5.17. The monoisotopic (exact) mass is 379 g/mol. The quantitative estimate of drug-likeness (QED) is 0.870. The van der Waals surface area contributed by atoms with E-state index in [9.17, 15) is 9.59 Å². The van der Waals surface area contributed by atoms with Crippen molar-refractivity contribution in [2.24, 2.45) is 0 Å². The van der Waals surface area contributed by atoms with Crippen molar-refractivity contribution in [1.29, 1.82) is 0 Å². The van der Waals surface area contributed by atoms with Gasteiger partial charge in [-0.2, -0.15) is 0 Å². The van der Waals surface area contributed by atoms with Gasteiger partial charge < -0.3 is 15.1 Å². The highest BCUT2D eigenvalue weighted by Gasteiger charge is 2.30. The molecular weight excluding hydrogens is 350 g/mol. The van der Waals surface area contributed by atoms with Crippen molar-refractivity contribution < 1.29 is 9.59 Å². The topological polar surface area (TPSA) is 52.7 Å². The molecule has 148 valence electrons. The van der Waals surface area contributed by atoms with Crippen LogP contribution in [0.3, 0.4) is 0 Å². The molecule has 1 aliphatic rings. The minimum Gasteiger partial charge on any atom is -0.365 e. The fourth-order valence-corrected chi connectivity index (χ4v) is 3.55. The van der Waals surface area contributed by atoms with E-state index in [2.05, 4.69) is 50.4 Å². The van der Waals surface area contributed by atoms with E-state index in [4.69, 9.17) is 0 Å². The van der Waals surface area contributed by atoms with Gasteiger partial charge in [0.25, 0.3) is 0 Å². The number of likely N-dealkylation sites (N-methyl/N-ethyl adjacent to an activating group) is 1. The maximum Gasteiger partial charge on any atom is 0.246 e. The highest BCUT2D eigenvalue weighted by molar-refractivity contribution is 6.05. The van der Waals surface area contributed by atoms with Crippen molar-refractivity contribution in [2.45, 2.75) is 45.6 Å². The van der Waals surface area contributed by atoms with Crippen LogP contribution in [0.2, 0.25) is 0 Å². The maximum absolute atomic E-state index is 13.2. The van der Waals surface area contributed by atoms with E-state index in [-0.39, 0.29) is 36.2 Å². The summed E-state index contributed by atoms with van der Waals surface area (Å²) in [6.07, 6.45) is 0.282. The molecule has 0 bridgehead atoms. The summed E-state index contributed by atoms with van der Waals surface area (Å²) < 4.78 is 0. The zero-order chi connectivity index (χ0) is 20.5. The van der Waals surface area contributed by atoms with Crippen LogP contribution >= 0.6 is 0 Å². The molecule has 2 amide bonds. The van der Waals surface area contributed by atoms with Crippen LogP contribution in [0, 0.1) is 0 Å². The lowest BCUT2D eigenvalue weighted by atomic mass is 9.87. The molecule has 2 aromatic carbocycles. The number of hydrogen-bond donors (Lipinski definition) is 1. The van der Waals surface area contributed by atoms with E-state index in [0.29, 0.717) is 5.69 Å². The van der Waals surface area contributed by atoms with Crippen molar-refractivity contribution in [3.63, 3.8) is 0 Å². The Labute approximate surface area is 167 Å². The number of nitrogens with one attached hydrogen (secondary N) is 1. The molecule has 0 saturated carbocycles. The molecule has 5 heteroatoms. The van der Waals surface area contributed by atoms with Crippen LogP contribution in [0.25, 0.3) is 0 Å². The number of carbonyl (C=O) groups excluding carboxylic acids is 2. The average molecular weight is 380 g/mol. The molecule has 5 nitrogen and oxygen atoms in total. The Morgan fingerprint density at radius 1 is 1.14 bits per heavy atom. The summed E-state index contributed by atoms with van der Waals surface area (Å²) in [7, 11) is 1.92. The number of nitrogens with zero attached hydrogens (tertiary/aromatic N) is 2. The van der Waals surface area contributed by atoms with Crippen LogP contribution in [-0.2, 0) is 15.0 Å². The predicted molar refractivity (Wildman–Crippen MR) is 115 cm³/mol. The van der Waals surface area contributed by atoms with Gasteiger partial charge in [0.1, 0.15) is 0 Å². The van der Waals surface area contributed by atoms with Crippen molar-refractivity contribution >= 4 is 28.9 Å². The average Bonchev–Trinajstić information content (AvgIpc) is 2.75. The largest absolute Gasteiger partial charge is 0.365 e. The van der Waals surface area contributed by atoms with Crippen molar-refractivity contribution in [2.75, 3.05) is 28.7 Å². The number of benzene rings is 2. The Morgan fingerprint density at radius 3 is 2.43 bits per heavy atom. The Hall–Kier alpha value is -2.82. The molecule has 0 radical (unpaired) electrons. The lowest BCUT2D eigenvalue weighted by molar-refractivity contribution is -0.118. The van der Waals surface area contributed by atoms with Crippen molar-refractivity contribution in [3.05, 3.63) is 54.1 Å². The molecule has 1 heterocycles. The molecule has 0 aromatic heterocycles. The van der Waals surface area contributed by atoms with Gasteiger partial charge in [-0.1, -0.05) is 45.0 Å². The number of carbonyl (C=O) groups is 2.